The van der Waals surface area contributed by atoms with E-state index in [4.69, 9.17) is 27.9 Å². The minimum atomic E-state index is -0.482. The van der Waals surface area contributed by atoms with Crippen LogP contribution >= 0.6 is 23.2 Å². The smallest absolute Gasteiger partial charge is 0.142 e. The van der Waals surface area contributed by atoms with Crippen LogP contribution in [0.1, 0.15) is 32.4 Å². The van der Waals surface area contributed by atoms with Crippen LogP contribution in [0.3, 0.4) is 0 Å². The third kappa shape index (κ3) is 3.63. The zero-order valence-electron chi connectivity index (χ0n) is 9.27. The number of rotatable bonds is 2. The molecule has 1 nitrogen and oxygen atoms in total. The molecule has 1 aromatic rings. The van der Waals surface area contributed by atoms with E-state index >= 15 is 0 Å². The van der Waals surface area contributed by atoms with Gasteiger partial charge in [-0.2, -0.15) is 0 Å². The van der Waals surface area contributed by atoms with Crippen molar-refractivity contribution in [2.45, 2.75) is 26.9 Å². The number of benzene rings is 1. The average molecular weight is 253 g/mol. The summed E-state index contributed by atoms with van der Waals surface area (Å²) in [7, 11) is 1.52. The van der Waals surface area contributed by atoms with Gasteiger partial charge in [-0.3, -0.25) is 0 Å². The van der Waals surface area contributed by atoms with Crippen LogP contribution in [-0.2, 0) is 4.74 Å². The van der Waals surface area contributed by atoms with E-state index in [-0.39, 0.29) is 11.1 Å². The van der Waals surface area contributed by atoms with Crippen molar-refractivity contribution in [3.63, 3.8) is 0 Å². The molecule has 0 aliphatic carbocycles. The van der Waals surface area contributed by atoms with E-state index in [1.807, 2.05) is 13.8 Å². The Kier molecular flexibility index (Phi) is 6.90. The Hall–Kier alpha value is -0.310. The van der Waals surface area contributed by atoms with Gasteiger partial charge in [-0.15, -0.1) is 0 Å². The predicted molar refractivity (Wildman–Crippen MR) is 63.2 cm³/mol. The maximum absolute atomic E-state index is 13.0. The number of ether oxygens (including phenoxy) is 1. The normalized spacial score (nSPS) is 11.7. The van der Waals surface area contributed by atoms with Gasteiger partial charge in [0.1, 0.15) is 5.82 Å². The molecule has 0 saturated carbocycles. The van der Waals surface area contributed by atoms with Gasteiger partial charge >= 0.3 is 0 Å². The topological polar surface area (TPSA) is 9.23 Å². The first-order valence-electron chi connectivity index (χ1n) is 4.74. The summed E-state index contributed by atoms with van der Waals surface area (Å²) in [5.41, 5.74) is 0.492. The fraction of sp³-hybridized carbons (Fsp3) is 0.455. The lowest BCUT2D eigenvalue weighted by atomic mass is 10.1. The minimum Gasteiger partial charge on any atom is -0.377 e. The first-order chi connectivity index (χ1) is 7.07. The Labute approximate surface area is 100 Å². The SMILES string of the molecule is CC.COC(C)c1c(Cl)ccc(F)c1Cl. The van der Waals surface area contributed by atoms with Gasteiger partial charge in [-0.25, -0.2) is 4.39 Å². The molecule has 0 radical (unpaired) electrons. The Morgan fingerprint density at radius 2 is 1.80 bits per heavy atom. The molecule has 0 aliphatic rings. The molecule has 0 bridgehead atoms. The Morgan fingerprint density at radius 1 is 1.27 bits per heavy atom. The Bertz CT molecular complexity index is 316. The van der Waals surface area contributed by atoms with Crippen LogP contribution in [0.2, 0.25) is 10.0 Å². The molecule has 15 heavy (non-hydrogen) atoms. The van der Waals surface area contributed by atoms with Crippen molar-refractivity contribution in [2.75, 3.05) is 7.11 Å². The molecule has 0 aromatic heterocycles. The van der Waals surface area contributed by atoms with Crippen molar-refractivity contribution in [2.24, 2.45) is 0 Å². The summed E-state index contributed by atoms with van der Waals surface area (Å²) in [6.45, 7) is 5.76. The highest BCUT2D eigenvalue weighted by molar-refractivity contribution is 6.36. The van der Waals surface area contributed by atoms with Crippen molar-refractivity contribution in [3.05, 3.63) is 33.6 Å². The van der Waals surface area contributed by atoms with E-state index in [2.05, 4.69) is 0 Å². The van der Waals surface area contributed by atoms with Crippen LogP contribution in [0.5, 0.6) is 0 Å². The van der Waals surface area contributed by atoms with E-state index in [0.717, 1.165) is 0 Å². The molecule has 86 valence electrons. The summed E-state index contributed by atoms with van der Waals surface area (Å²) in [6.07, 6.45) is -0.310. The molecular formula is C11H15Cl2FO. The maximum atomic E-state index is 13.0. The Balaban J connectivity index is 0.000000921. The number of halogens is 3. The lowest BCUT2D eigenvalue weighted by molar-refractivity contribution is 0.119. The van der Waals surface area contributed by atoms with E-state index < -0.39 is 5.82 Å². The lowest BCUT2D eigenvalue weighted by Gasteiger charge is -2.13. The van der Waals surface area contributed by atoms with Crippen LogP contribution in [-0.4, -0.2) is 7.11 Å². The highest BCUT2D eigenvalue weighted by Crippen LogP contribution is 2.33. The third-order valence-electron chi connectivity index (χ3n) is 1.84. The van der Waals surface area contributed by atoms with Crippen LogP contribution in [0.25, 0.3) is 0 Å². The van der Waals surface area contributed by atoms with Gasteiger partial charge in [0.15, 0.2) is 0 Å². The van der Waals surface area contributed by atoms with Crippen LogP contribution in [0, 0.1) is 5.82 Å². The van der Waals surface area contributed by atoms with Crippen molar-refractivity contribution in [1.82, 2.24) is 0 Å². The molecule has 0 saturated heterocycles. The standard InChI is InChI=1S/C9H9Cl2FO.C2H6/c1-5(13-2)8-6(10)3-4-7(12)9(8)11;1-2/h3-5H,1-2H3;1-2H3. The van der Waals surface area contributed by atoms with E-state index in [1.165, 1.54) is 19.2 Å². The van der Waals surface area contributed by atoms with Gasteiger partial charge in [0.25, 0.3) is 0 Å². The summed E-state index contributed by atoms with van der Waals surface area (Å²) in [5, 5.41) is 0.447. The number of hydrogen-bond acceptors (Lipinski definition) is 1. The highest BCUT2D eigenvalue weighted by Gasteiger charge is 2.16. The zero-order chi connectivity index (χ0) is 12.0. The van der Waals surface area contributed by atoms with E-state index in [0.29, 0.717) is 10.6 Å². The van der Waals surface area contributed by atoms with Crippen LogP contribution in [0.4, 0.5) is 4.39 Å². The molecular weight excluding hydrogens is 238 g/mol. The van der Waals surface area contributed by atoms with Gasteiger partial charge in [-0.05, 0) is 19.1 Å². The van der Waals surface area contributed by atoms with Gasteiger partial charge < -0.3 is 4.74 Å². The fourth-order valence-electron chi connectivity index (χ4n) is 1.03. The first-order valence-corrected chi connectivity index (χ1v) is 5.49. The lowest BCUT2D eigenvalue weighted by Crippen LogP contribution is -1.99. The molecule has 0 aliphatic heterocycles. The largest absolute Gasteiger partial charge is 0.377 e. The van der Waals surface area contributed by atoms with Crippen molar-refractivity contribution in [3.8, 4) is 0 Å². The molecule has 0 fully saturated rings. The van der Waals surface area contributed by atoms with Crippen molar-refractivity contribution < 1.29 is 9.13 Å². The quantitative estimate of drug-likeness (QED) is 0.683. The first kappa shape index (κ1) is 14.7. The monoisotopic (exact) mass is 252 g/mol. The molecule has 1 aromatic carbocycles. The maximum Gasteiger partial charge on any atom is 0.142 e. The summed E-state index contributed by atoms with van der Waals surface area (Å²) >= 11 is 11.6. The highest BCUT2D eigenvalue weighted by atomic mass is 35.5. The van der Waals surface area contributed by atoms with Gasteiger partial charge in [-0.1, -0.05) is 37.0 Å². The molecule has 4 heteroatoms. The molecule has 0 N–H and O–H groups in total. The Morgan fingerprint density at radius 3 is 2.27 bits per heavy atom. The molecule has 1 atom stereocenters. The second kappa shape index (κ2) is 7.04. The van der Waals surface area contributed by atoms with E-state index in [9.17, 15) is 4.39 Å². The molecule has 1 rings (SSSR count). The van der Waals surface area contributed by atoms with Gasteiger partial charge in [0.05, 0.1) is 11.1 Å². The molecule has 0 heterocycles. The number of methoxy groups -OCH3 is 1. The van der Waals surface area contributed by atoms with Crippen LogP contribution in [0.15, 0.2) is 12.1 Å². The minimum absolute atomic E-state index is 0.0295. The molecule has 0 spiro atoms. The van der Waals surface area contributed by atoms with Crippen molar-refractivity contribution in [1.29, 1.82) is 0 Å². The molecule has 1 unspecified atom stereocenters. The summed E-state index contributed by atoms with van der Waals surface area (Å²) in [5.74, 6) is -0.482. The van der Waals surface area contributed by atoms with Gasteiger partial charge in [0, 0.05) is 17.7 Å². The van der Waals surface area contributed by atoms with Gasteiger partial charge in [0.2, 0.25) is 0 Å². The predicted octanol–water partition coefficient (Wildman–Crippen LogP) is 4.87. The summed E-state index contributed by atoms with van der Waals surface area (Å²) in [4.78, 5) is 0. The summed E-state index contributed by atoms with van der Waals surface area (Å²) in [6, 6.07) is 2.70. The van der Waals surface area contributed by atoms with E-state index in [1.54, 1.807) is 6.92 Å². The fourth-order valence-corrected chi connectivity index (χ4v) is 1.71. The zero-order valence-corrected chi connectivity index (χ0v) is 10.8. The number of hydrogen-bond donors (Lipinski definition) is 0. The molecule has 0 amide bonds. The van der Waals surface area contributed by atoms with Crippen molar-refractivity contribution >= 4 is 23.2 Å². The second-order valence-corrected chi connectivity index (χ2v) is 3.42. The summed E-state index contributed by atoms with van der Waals surface area (Å²) < 4.78 is 18.0. The average Bonchev–Trinajstić information content (AvgIpc) is 2.26. The third-order valence-corrected chi connectivity index (χ3v) is 2.55. The van der Waals surface area contributed by atoms with Crippen LogP contribution < -0.4 is 0 Å². The second-order valence-electron chi connectivity index (χ2n) is 2.63.